The molecular formula is C10H7F2N3O2. The molecular weight excluding hydrogens is 232 g/mol. The third-order valence-electron chi connectivity index (χ3n) is 2.23. The number of hydrogen-bond acceptors (Lipinski definition) is 3. The first-order chi connectivity index (χ1) is 7.99. The molecule has 0 atom stereocenters. The zero-order valence-corrected chi connectivity index (χ0v) is 8.72. The minimum Gasteiger partial charge on any atom is -0.358 e. The van der Waals surface area contributed by atoms with Crippen LogP contribution in [-0.2, 0) is 0 Å². The topological polar surface area (TPSA) is 61.0 Å². The van der Waals surface area contributed by atoms with E-state index in [1.807, 2.05) is 0 Å². The molecule has 0 fully saturated rings. The summed E-state index contributed by atoms with van der Waals surface area (Å²) in [6.07, 6.45) is 1.09. The van der Waals surface area contributed by atoms with Crippen LogP contribution in [0.2, 0.25) is 0 Å². The molecule has 0 aliphatic carbocycles. The van der Waals surface area contributed by atoms with Crippen LogP contribution >= 0.6 is 0 Å². The quantitative estimate of drug-likeness (QED) is 0.597. The summed E-state index contributed by atoms with van der Waals surface area (Å²) in [6, 6.07) is 2.98. The van der Waals surface area contributed by atoms with Gasteiger partial charge < -0.3 is 10.1 Å². The van der Waals surface area contributed by atoms with Gasteiger partial charge in [0.05, 0.1) is 5.69 Å². The van der Waals surface area contributed by atoms with Crippen molar-refractivity contribution in [3.05, 3.63) is 52.0 Å². The maximum Gasteiger partial charge on any atom is 0.382 e. The second-order valence-corrected chi connectivity index (χ2v) is 3.37. The molecule has 1 heterocycles. The standard InChI is InChI=1S/C10H7F2N3O2/c1-6-13-10(15(16)17)5-14(6)9-3-2-7(11)4-8(9)12/h2-5H,1H3. The first kappa shape index (κ1) is 11.2. The Bertz CT molecular complexity index is 595. The summed E-state index contributed by atoms with van der Waals surface area (Å²) in [5, 5.41) is 10.5. The van der Waals surface area contributed by atoms with E-state index in [9.17, 15) is 18.9 Å². The van der Waals surface area contributed by atoms with Gasteiger partial charge in [-0.3, -0.25) is 4.57 Å². The maximum atomic E-state index is 13.5. The Morgan fingerprint density at radius 1 is 1.41 bits per heavy atom. The number of aromatic nitrogens is 2. The molecule has 0 aliphatic rings. The normalized spacial score (nSPS) is 10.5. The van der Waals surface area contributed by atoms with Crippen molar-refractivity contribution >= 4 is 5.82 Å². The Hall–Kier alpha value is -2.31. The lowest BCUT2D eigenvalue weighted by atomic mass is 10.3. The van der Waals surface area contributed by atoms with Gasteiger partial charge in [-0.15, -0.1) is 0 Å². The van der Waals surface area contributed by atoms with Crippen molar-refractivity contribution in [3.63, 3.8) is 0 Å². The number of hydrogen-bond donors (Lipinski definition) is 0. The minimum atomic E-state index is -0.805. The van der Waals surface area contributed by atoms with E-state index < -0.39 is 16.6 Å². The Morgan fingerprint density at radius 3 is 2.65 bits per heavy atom. The average molecular weight is 239 g/mol. The zero-order valence-electron chi connectivity index (χ0n) is 8.72. The Morgan fingerprint density at radius 2 is 2.12 bits per heavy atom. The van der Waals surface area contributed by atoms with Crippen LogP contribution in [-0.4, -0.2) is 14.5 Å². The number of aryl methyl sites for hydroxylation is 1. The van der Waals surface area contributed by atoms with E-state index in [2.05, 4.69) is 4.98 Å². The molecule has 0 saturated heterocycles. The molecule has 0 unspecified atom stereocenters. The summed E-state index contributed by atoms with van der Waals surface area (Å²) < 4.78 is 27.4. The highest BCUT2D eigenvalue weighted by atomic mass is 19.1. The van der Waals surface area contributed by atoms with Crippen LogP contribution in [0.3, 0.4) is 0 Å². The third kappa shape index (κ3) is 1.99. The van der Waals surface area contributed by atoms with Crippen LogP contribution < -0.4 is 0 Å². The Labute approximate surface area is 94.5 Å². The average Bonchev–Trinajstić information content (AvgIpc) is 2.61. The van der Waals surface area contributed by atoms with Gasteiger partial charge >= 0.3 is 5.82 Å². The molecule has 0 aliphatic heterocycles. The molecule has 0 bridgehead atoms. The Balaban J connectivity index is 2.56. The monoisotopic (exact) mass is 239 g/mol. The lowest BCUT2D eigenvalue weighted by Gasteiger charge is -2.03. The van der Waals surface area contributed by atoms with Crippen LogP contribution in [0.1, 0.15) is 5.82 Å². The third-order valence-corrected chi connectivity index (χ3v) is 2.23. The van der Waals surface area contributed by atoms with Crippen LogP contribution in [0.25, 0.3) is 5.69 Å². The van der Waals surface area contributed by atoms with Gasteiger partial charge in [-0.2, -0.15) is 0 Å². The summed E-state index contributed by atoms with van der Waals surface area (Å²) in [6.45, 7) is 1.50. The van der Waals surface area contributed by atoms with E-state index in [4.69, 9.17) is 0 Å². The highest BCUT2D eigenvalue weighted by Gasteiger charge is 2.18. The molecule has 7 heteroatoms. The molecule has 17 heavy (non-hydrogen) atoms. The van der Waals surface area contributed by atoms with Gasteiger partial charge in [-0.05, 0) is 22.0 Å². The van der Waals surface area contributed by atoms with Crippen molar-refractivity contribution in [3.8, 4) is 5.69 Å². The fraction of sp³-hybridized carbons (Fsp3) is 0.100. The summed E-state index contributed by atoms with van der Waals surface area (Å²) in [5.41, 5.74) is 0.0181. The van der Waals surface area contributed by atoms with Gasteiger partial charge in [-0.1, -0.05) is 0 Å². The zero-order chi connectivity index (χ0) is 12.6. The first-order valence-electron chi connectivity index (χ1n) is 4.65. The van der Waals surface area contributed by atoms with Gasteiger partial charge in [-0.25, -0.2) is 8.78 Å². The Kier molecular flexibility index (Phi) is 2.58. The van der Waals surface area contributed by atoms with Crippen molar-refractivity contribution in [2.45, 2.75) is 6.92 Å². The van der Waals surface area contributed by atoms with E-state index in [1.165, 1.54) is 17.6 Å². The van der Waals surface area contributed by atoms with Crippen LogP contribution in [0, 0.1) is 28.7 Å². The van der Waals surface area contributed by atoms with Gasteiger partial charge in [0.1, 0.15) is 17.8 Å². The van der Waals surface area contributed by atoms with Crippen LogP contribution in [0.15, 0.2) is 24.4 Å². The second kappa shape index (κ2) is 3.93. The largest absolute Gasteiger partial charge is 0.382 e. The summed E-state index contributed by atoms with van der Waals surface area (Å²) in [7, 11) is 0. The lowest BCUT2D eigenvalue weighted by Crippen LogP contribution is -1.99. The predicted octanol–water partition coefficient (Wildman–Crippen LogP) is 2.37. The summed E-state index contributed by atoms with van der Waals surface area (Å²) in [4.78, 5) is 13.5. The maximum absolute atomic E-state index is 13.5. The number of nitro groups is 1. The van der Waals surface area contributed by atoms with Crippen molar-refractivity contribution in [1.29, 1.82) is 0 Å². The van der Waals surface area contributed by atoms with E-state index >= 15 is 0 Å². The van der Waals surface area contributed by atoms with Gasteiger partial charge in [0.25, 0.3) is 0 Å². The first-order valence-corrected chi connectivity index (χ1v) is 4.65. The molecule has 0 N–H and O–H groups in total. The highest BCUT2D eigenvalue weighted by Crippen LogP contribution is 2.19. The molecule has 2 aromatic rings. The molecule has 0 radical (unpaired) electrons. The lowest BCUT2D eigenvalue weighted by molar-refractivity contribution is -0.389. The van der Waals surface area contributed by atoms with Crippen molar-refractivity contribution in [1.82, 2.24) is 9.55 Å². The van der Waals surface area contributed by atoms with Crippen molar-refractivity contribution in [2.24, 2.45) is 0 Å². The molecule has 1 aromatic heterocycles. The van der Waals surface area contributed by atoms with Crippen LogP contribution in [0.5, 0.6) is 0 Å². The van der Waals surface area contributed by atoms with Crippen LogP contribution in [0.4, 0.5) is 14.6 Å². The van der Waals surface area contributed by atoms with E-state index in [0.29, 0.717) is 6.07 Å². The fourth-order valence-electron chi connectivity index (χ4n) is 1.47. The highest BCUT2D eigenvalue weighted by molar-refractivity contribution is 5.37. The number of halogens is 2. The van der Waals surface area contributed by atoms with Gasteiger partial charge in [0.2, 0.25) is 5.82 Å². The smallest absolute Gasteiger partial charge is 0.358 e. The molecule has 2 rings (SSSR count). The van der Waals surface area contributed by atoms with Crippen molar-refractivity contribution in [2.75, 3.05) is 0 Å². The molecule has 0 saturated carbocycles. The van der Waals surface area contributed by atoms with Gasteiger partial charge in [0.15, 0.2) is 0 Å². The van der Waals surface area contributed by atoms with E-state index in [-0.39, 0.29) is 17.3 Å². The number of rotatable bonds is 2. The van der Waals surface area contributed by atoms with Gasteiger partial charge in [0, 0.05) is 13.0 Å². The summed E-state index contributed by atoms with van der Waals surface area (Å²) >= 11 is 0. The van der Waals surface area contributed by atoms with E-state index in [0.717, 1.165) is 12.3 Å². The minimum absolute atomic E-state index is 0.0181. The number of benzene rings is 1. The predicted molar refractivity (Wildman–Crippen MR) is 54.9 cm³/mol. The van der Waals surface area contributed by atoms with E-state index in [1.54, 1.807) is 0 Å². The molecule has 0 amide bonds. The number of nitrogens with zero attached hydrogens (tertiary/aromatic N) is 3. The fourth-order valence-corrected chi connectivity index (χ4v) is 1.47. The SMILES string of the molecule is Cc1nc([N+](=O)[O-])cn1-c1ccc(F)cc1F. The molecule has 0 spiro atoms. The second-order valence-electron chi connectivity index (χ2n) is 3.37. The molecule has 1 aromatic carbocycles. The molecule has 5 nitrogen and oxygen atoms in total. The summed E-state index contributed by atoms with van der Waals surface area (Å²) in [5.74, 6) is -1.65. The molecule has 88 valence electrons. The number of imidazole rings is 1. The van der Waals surface area contributed by atoms with Crippen molar-refractivity contribution < 1.29 is 13.7 Å².